The van der Waals surface area contributed by atoms with E-state index in [1.54, 1.807) is 0 Å². The highest BCUT2D eigenvalue weighted by atomic mass is 32.2. The van der Waals surface area contributed by atoms with Crippen molar-refractivity contribution in [3.05, 3.63) is 63.4 Å². The number of fused-ring (bicyclic) bond motifs is 2. The van der Waals surface area contributed by atoms with Crippen molar-refractivity contribution in [2.45, 2.75) is 45.3 Å². The van der Waals surface area contributed by atoms with Gasteiger partial charge < -0.3 is 14.2 Å². The molecule has 0 aliphatic carbocycles. The smallest absolute Gasteiger partial charge is 0.285 e. The number of hydrogen-bond donors (Lipinski definition) is 0. The van der Waals surface area contributed by atoms with E-state index in [0.29, 0.717) is 17.9 Å². The van der Waals surface area contributed by atoms with Crippen molar-refractivity contribution in [3.8, 4) is 0 Å². The van der Waals surface area contributed by atoms with Gasteiger partial charge in [-0.1, -0.05) is 35.5 Å². The molecule has 1 amide bonds. The lowest BCUT2D eigenvalue weighted by molar-refractivity contribution is -0.113. The van der Waals surface area contributed by atoms with Crippen LogP contribution < -0.4 is 0 Å². The predicted molar refractivity (Wildman–Crippen MR) is 112 cm³/mol. The first-order valence-electron chi connectivity index (χ1n) is 9.96. The first kappa shape index (κ1) is 18.6. The highest BCUT2D eigenvalue weighted by Crippen LogP contribution is 2.44. The standard InChI is InChI=1S/C22H23N3O3S/c1-14-17(15(2)28-24-14)7-8-19-20(26)23-21(29-19)25-11-9-22(10-12-25)18-6-4-3-5-16(18)13-27-22/h3-6,8H,7,9-13H2,1-2H3/b19-8+. The summed E-state index contributed by atoms with van der Waals surface area (Å²) in [6, 6.07) is 8.51. The van der Waals surface area contributed by atoms with Crippen molar-refractivity contribution in [2.24, 2.45) is 4.99 Å². The lowest BCUT2D eigenvalue weighted by Crippen LogP contribution is -2.44. The summed E-state index contributed by atoms with van der Waals surface area (Å²) in [5.41, 5.74) is 4.36. The van der Waals surface area contributed by atoms with Gasteiger partial charge in [0.15, 0.2) is 5.17 Å². The van der Waals surface area contributed by atoms with Crippen LogP contribution in [0.2, 0.25) is 0 Å². The molecule has 0 saturated carbocycles. The average molecular weight is 410 g/mol. The van der Waals surface area contributed by atoms with E-state index in [1.807, 2.05) is 19.9 Å². The number of benzene rings is 1. The second kappa shape index (κ2) is 7.15. The molecule has 7 heteroatoms. The van der Waals surface area contributed by atoms with Crippen LogP contribution in [0, 0.1) is 13.8 Å². The molecule has 5 rings (SSSR count). The third kappa shape index (κ3) is 3.22. The molecule has 3 aliphatic heterocycles. The largest absolute Gasteiger partial charge is 0.365 e. The molecule has 0 radical (unpaired) electrons. The molecule has 0 unspecified atom stereocenters. The second-order valence-electron chi connectivity index (χ2n) is 7.80. The van der Waals surface area contributed by atoms with Gasteiger partial charge in [0.1, 0.15) is 5.76 Å². The molecule has 1 aromatic heterocycles. The fourth-order valence-corrected chi connectivity index (χ4v) is 5.35. The van der Waals surface area contributed by atoms with E-state index in [0.717, 1.165) is 48.1 Å². The van der Waals surface area contributed by atoms with Crippen LogP contribution in [0.3, 0.4) is 0 Å². The Balaban J connectivity index is 1.25. The number of amides is 1. The number of carbonyl (C=O) groups is 1. The molecule has 1 saturated heterocycles. The number of thioether (sulfide) groups is 1. The number of likely N-dealkylation sites (tertiary alicyclic amines) is 1. The Labute approximate surface area is 174 Å². The molecule has 1 aromatic carbocycles. The fourth-order valence-electron chi connectivity index (χ4n) is 4.42. The van der Waals surface area contributed by atoms with Crippen LogP contribution in [0.25, 0.3) is 0 Å². The van der Waals surface area contributed by atoms with Gasteiger partial charge in [-0.2, -0.15) is 4.99 Å². The summed E-state index contributed by atoms with van der Waals surface area (Å²) >= 11 is 1.47. The Morgan fingerprint density at radius 2 is 2.03 bits per heavy atom. The van der Waals surface area contributed by atoms with Gasteiger partial charge in [0.05, 0.1) is 22.8 Å². The molecular weight excluding hydrogens is 386 g/mol. The van der Waals surface area contributed by atoms with Gasteiger partial charge in [-0.25, -0.2) is 0 Å². The Morgan fingerprint density at radius 1 is 1.24 bits per heavy atom. The van der Waals surface area contributed by atoms with Crippen molar-refractivity contribution >= 4 is 22.8 Å². The number of ether oxygens (including phenoxy) is 1. The lowest BCUT2D eigenvalue weighted by atomic mass is 9.84. The normalized spacial score (nSPS) is 21.9. The summed E-state index contributed by atoms with van der Waals surface area (Å²) in [6.45, 7) is 6.18. The SMILES string of the molecule is Cc1noc(C)c1C/C=C1/SC(N2CCC3(CC2)OCc2ccccc23)=NC1=O. The third-order valence-electron chi connectivity index (χ3n) is 6.14. The highest BCUT2D eigenvalue weighted by Gasteiger charge is 2.43. The molecule has 2 aromatic rings. The number of amidine groups is 1. The number of aryl methyl sites for hydroxylation is 2. The highest BCUT2D eigenvalue weighted by molar-refractivity contribution is 8.18. The zero-order valence-electron chi connectivity index (χ0n) is 16.6. The zero-order valence-corrected chi connectivity index (χ0v) is 17.4. The maximum atomic E-state index is 12.4. The minimum atomic E-state index is -0.178. The fraction of sp³-hybridized carbons (Fsp3) is 0.409. The minimum Gasteiger partial charge on any atom is -0.365 e. The first-order chi connectivity index (χ1) is 14.1. The van der Waals surface area contributed by atoms with Crippen molar-refractivity contribution in [1.82, 2.24) is 10.1 Å². The molecular formula is C22H23N3O3S. The second-order valence-corrected chi connectivity index (χ2v) is 8.81. The topological polar surface area (TPSA) is 67.9 Å². The molecule has 150 valence electrons. The Hall–Kier alpha value is -2.38. The van der Waals surface area contributed by atoms with Crippen LogP contribution in [-0.2, 0) is 28.2 Å². The first-order valence-corrected chi connectivity index (χ1v) is 10.8. The number of aromatic nitrogens is 1. The zero-order chi connectivity index (χ0) is 20.0. The van der Waals surface area contributed by atoms with E-state index >= 15 is 0 Å². The van der Waals surface area contributed by atoms with Crippen molar-refractivity contribution in [1.29, 1.82) is 0 Å². The van der Waals surface area contributed by atoms with E-state index in [2.05, 4.69) is 39.3 Å². The number of hydrogen-bond acceptors (Lipinski definition) is 6. The van der Waals surface area contributed by atoms with E-state index in [1.165, 1.54) is 22.9 Å². The van der Waals surface area contributed by atoms with E-state index in [4.69, 9.17) is 9.26 Å². The Kier molecular flexibility index (Phi) is 4.59. The van der Waals surface area contributed by atoms with Crippen LogP contribution in [-0.4, -0.2) is 34.2 Å². The van der Waals surface area contributed by atoms with Gasteiger partial charge in [-0.15, -0.1) is 0 Å². The number of aliphatic imine (C=N–C) groups is 1. The van der Waals surface area contributed by atoms with E-state index in [9.17, 15) is 4.79 Å². The van der Waals surface area contributed by atoms with Crippen molar-refractivity contribution in [2.75, 3.05) is 13.1 Å². The van der Waals surface area contributed by atoms with Gasteiger partial charge in [0.25, 0.3) is 5.91 Å². The van der Waals surface area contributed by atoms with Crippen LogP contribution in [0.15, 0.2) is 44.8 Å². The molecule has 6 nitrogen and oxygen atoms in total. The summed E-state index contributed by atoms with van der Waals surface area (Å²) in [5, 5.41) is 4.78. The molecule has 3 aliphatic rings. The van der Waals surface area contributed by atoms with Crippen LogP contribution in [0.5, 0.6) is 0 Å². The molecule has 0 atom stereocenters. The number of carbonyl (C=O) groups excluding carboxylic acids is 1. The maximum Gasteiger partial charge on any atom is 0.285 e. The summed E-state index contributed by atoms with van der Waals surface area (Å²) in [5.74, 6) is 0.647. The predicted octanol–water partition coefficient (Wildman–Crippen LogP) is 3.87. The molecule has 1 fully saturated rings. The van der Waals surface area contributed by atoms with Gasteiger partial charge in [-0.05, 0) is 56.0 Å². The Bertz CT molecular complexity index is 1010. The number of allylic oxidation sites excluding steroid dienone is 1. The summed E-state index contributed by atoms with van der Waals surface area (Å²) < 4.78 is 11.4. The van der Waals surface area contributed by atoms with Gasteiger partial charge in [0.2, 0.25) is 0 Å². The number of nitrogens with zero attached hydrogens (tertiary/aromatic N) is 3. The molecule has 0 N–H and O–H groups in total. The monoisotopic (exact) mass is 409 g/mol. The van der Waals surface area contributed by atoms with E-state index in [-0.39, 0.29) is 11.5 Å². The summed E-state index contributed by atoms with van der Waals surface area (Å²) in [4.78, 5) is 19.6. The summed E-state index contributed by atoms with van der Waals surface area (Å²) in [6.07, 6.45) is 4.40. The number of rotatable bonds is 2. The van der Waals surface area contributed by atoms with Gasteiger partial charge in [-0.3, -0.25) is 4.79 Å². The third-order valence-corrected chi connectivity index (χ3v) is 7.23. The van der Waals surface area contributed by atoms with Crippen LogP contribution in [0.4, 0.5) is 0 Å². The number of piperidine rings is 1. The minimum absolute atomic E-state index is 0.153. The van der Waals surface area contributed by atoms with Crippen molar-refractivity contribution in [3.63, 3.8) is 0 Å². The van der Waals surface area contributed by atoms with Gasteiger partial charge in [0, 0.05) is 18.7 Å². The molecule has 4 heterocycles. The summed E-state index contributed by atoms with van der Waals surface area (Å²) in [7, 11) is 0. The lowest BCUT2D eigenvalue weighted by Gasteiger charge is -2.39. The molecule has 0 bridgehead atoms. The van der Waals surface area contributed by atoms with Crippen LogP contribution >= 0.6 is 11.8 Å². The molecule has 1 spiro atoms. The average Bonchev–Trinajstić information content (AvgIpc) is 3.38. The van der Waals surface area contributed by atoms with E-state index < -0.39 is 0 Å². The Morgan fingerprint density at radius 3 is 2.79 bits per heavy atom. The quantitative estimate of drug-likeness (QED) is 0.702. The van der Waals surface area contributed by atoms with Crippen LogP contribution in [0.1, 0.15) is 41.0 Å². The molecule has 29 heavy (non-hydrogen) atoms. The van der Waals surface area contributed by atoms with Crippen molar-refractivity contribution < 1.29 is 14.1 Å². The van der Waals surface area contributed by atoms with Gasteiger partial charge >= 0.3 is 0 Å². The maximum absolute atomic E-state index is 12.4.